The second-order valence-corrected chi connectivity index (χ2v) is 7.88. The molecule has 1 saturated heterocycles. The molecule has 0 atom stereocenters. The van der Waals surface area contributed by atoms with E-state index in [1.165, 1.54) is 7.11 Å². The highest BCUT2D eigenvalue weighted by Crippen LogP contribution is 2.25. The number of likely N-dealkylation sites (tertiary alicyclic amines) is 1. The van der Waals surface area contributed by atoms with Gasteiger partial charge in [0.05, 0.1) is 12.7 Å². The highest BCUT2D eigenvalue weighted by atomic mass is 35.5. The fraction of sp³-hybridized carbons (Fsp3) is 0.304. The van der Waals surface area contributed by atoms with Gasteiger partial charge in [-0.2, -0.15) is 0 Å². The van der Waals surface area contributed by atoms with Crippen molar-refractivity contribution in [3.05, 3.63) is 64.9 Å². The monoisotopic (exact) mass is 426 g/mol. The lowest BCUT2D eigenvalue weighted by Crippen LogP contribution is -2.41. The molecule has 4 rings (SSSR count). The predicted molar refractivity (Wildman–Crippen MR) is 115 cm³/mol. The molecule has 1 aromatic heterocycles. The van der Waals surface area contributed by atoms with Crippen molar-refractivity contribution in [3.8, 4) is 5.75 Å². The standard InChI is InChI=1S/C23H23ClN2O4/c1-29-20-7-6-17(24)13-18(20)22(27)25-14-15-8-10-26(11-9-15)23(28)21-12-16-4-2-3-5-19(16)30-21/h2-7,12-13,15H,8-11,14H2,1H3,(H,25,27). The first-order valence-electron chi connectivity index (χ1n) is 9.94. The highest BCUT2D eigenvalue weighted by Gasteiger charge is 2.26. The van der Waals surface area contributed by atoms with Crippen molar-refractivity contribution >= 4 is 34.4 Å². The van der Waals surface area contributed by atoms with Crippen LogP contribution in [0.4, 0.5) is 0 Å². The van der Waals surface area contributed by atoms with E-state index in [0.717, 1.165) is 23.8 Å². The molecule has 3 aromatic rings. The molecule has 0 spiro atoms. The third-order valence-electron chi connectivity index (χ3n) is 5.50. The van der Waals surface area contributed by atoms with E-state index in [2.05, 4.69) is 5.32 Å². The Labute approximate surface area is 179 Å². The van der Waals surface area contributed by atoms with Crippen LogP contribution in [0.5, 0.6) is 5.75 Å². The molecule has 6 nitrogen and oxygen atoms in total. The molecule has 1 aliphatic rings. The Kier molecular flexibility index (Phi) is 5.95. The van der Waals surface area contributed by atoms with Crippen LogP contribution in [0.3, 0.4) is 0 Å². The second-order valence-electron chi connectivity index (χ2n) is 7.44. The predicted octanol–water partition coefficient (Wildman–Crippen LogP) is 4.38. The molecular weight excluding hydrogens is 404 g/mol. The van der Waals surface area contributed by atoms with Crippen LogP contribution in [0.15, 0.2) is 52.9 Å². The van der Waals surface area contributed by atoms with Crippen LogP contribution in [0, 0.1) is 5.92 Å². The Morgan fingerprint density at radius 1 is 1.17 bits per heavy atom. The van der Waals surface area contributed by atoms with Gasteiger partial charge >= 0.3 is 0 Å². The minimum absolute atomic E-state index is 0.0858. The summed E-state index contributed by atoms with van der Waals surface area (Å²) in [7, 11) is 1.52. The van der Waals surface area contributed by atoms with Crippen LogP contribution in [0.25, 0.3) is 11.0 Å². The van der Waals surface area contributed by atoms with Gasteiger partial charge in [0, 0.05) is 30.0 Å². The van der Waals surface area contributed by atoms with Gasteiger partial charge in [-0.25, -0.2) is 0 Å². The number of benzene rings is 2. The minimum Gasteiger partial charge on any atom is -0.496 e. The summed E-state index contributed by atoms with van der Waals surface area (Å²) in [5.41, 5.74) is 1.14. The van der Waals surface area contributed by atoms with Crippen LogP contribution >= 0.6 is 11.6 Å². The molecule has 0 aliphatic carbocycles. The van der Waals surface area contributed by atoms with Gasteiger partial charge in [-0.05, 0) is 49.1 Å². The number of amides is 2. The molecular formula is C23H23ClN2O4. The molecule has 0 unspecified atom stereocenters. The van der Waals surface area contributed by atoms with Crippen LogP contribution in [-0.4, -0.2) is 43.5 Å². The zero-order valence-corrected chi connectivity index (χ0v) is 17.4. The largest absolute Gasteiger partial charge is 0.496 e. The maximum Gasteiger partial charge on any atom is 0.289 e. The summed E-state index contributed by atoms with van der Waals surface area (Å²) in [6, 6.07) is 14.4. The van der Waals surface area contributed by atoms with Crippen LogP contribution in [0.1, 0.15) is 33.8 Å². The molecule has 0 radical (unpaired) electrons. The van der Waals surface area contributed by atoms with E-state index < -0.39 is 0 Å². The van der Waals surface area contributed by atoms with Crippen LogP contribution in [-0.2, 0) is 0 Å². The Balaban J connectivity index is 1.31. The van der Waals surface area contributed by atoms with Gasteiger partial charge in [0.15, 0.2) is 5.76 Å². The summed E-state index contributed by atoms with van der Waals surface area (Å²) in [6.07, 6.45) is 1.64. The Hall–Kier alpha value is -2.99. The lowest BCUT2D eigenvalue weighted by molar-refractivity contribution is 0.0655. The molecule has 2 aromatic carbocycles. The molecule has 30 heavy (non-hydrogen) atoms. The third kappa shape index (κ3) is 4.28. The highest BCUT2D eigenvalue weighted by molar-refractivity contribution is 6.31. The van der Waals surface area contributed by atoms with Crippen molar-refractivity contribution < 1.29 is 18.7 Å². The first-order valence-corrected chi connectivity index (χ1v) is 10.3. The molecule has 2 amide bonds. The number of carbonyl (C=O) groups is 2. The van der Waals surface area contributed by atoms with Gasteiger partial charge in [0.1, 0.15) is 11.3 Å². The molecule has 7 heteroatoms. The quantitative estimate of drug-likeness (QED) is 0.657. The van der Waals surface area contributed by atoms with Crippen molar-refractivity contribution in [3.63, 3.8) is 0 Å². The summed E-state index contributed by atoms with van der Waals surface area (Å²) in [6.45, 7) is 1.81. The van der Waals surface area contributed by atoms with E-state index in [0.29, 0.717) is 47.6 Å². The number of nitrogens with one attached hydrogen (secondary N) is 1. The van der Waals surface area contributed by atoms with Gasteiger partial charge in [-0.15, -0.1) is 0 Å². The fourth-order valence-corrected chi connectivity index (χ4v) is 3.95. The Morgan fingerprint density at radius 2 is 1.93 bits per heavy atom. The van der Waals surface area contributed by atoms with Gasteiger partial charge in [0.25, 0.3) is 11.8 Å². The fourth-order valence-electron chi connectivity index (χ4n) is 3.77. The van der Waals surface area contributed by atoms with Gasteiger partial charge in [-0.1, -0.05) is 29.8 Å². The maximum atomic E-state index is 12.8. The first-order chi connectivity index (χ1) is 14.5. The first kappa shape index (κ1) is 20.3. The topological polar surface area (TPSA) is 71.8 Å². The Morgan fingerprint density at radius 3 is 2.67 bits per heavy atom. The lowest BCUT2D eigenvalue weighted by atomic mass is 9.96. The number of carbonyl (C=O) groups excluding carboxylic acids is 2. The number of nitrogens with zero attached hydrogens (tertiary/aromatic N) is 1. The third-order valence-corrected chi connectivity index (χ3v) is 5.73. The summed E-state index contributed by atoms with van der Waals surface area (Å²) in [5.74, 6) is 0.866. The summed E-state index contributed by atoms with van der Waals surface area (Å²) in [4.78, 5) is 27.1. The molecule has 1 fully saturated rings. The van der Waals surface area contributed by atoms with Crippen molar-refractivity contribution in [2.45, 2.75) is 12.8 Å². The number of piperidine rings is 1. The molecule has 156 valence electrons. The summed E-state index contributed by atoms with van der Waals surface area (Å²) >= 11 is 6.01. The number of fused-ring (bicyclic) bond motifs is 1. The number of rotatable bonds is 5. The number of hydrogen-bond donors (Lipinski definition) is 1. The smallest absolute Gasteiger partial charge is 0.289 e. The van der Waals surface area contributed by atoms with Crippen LogP contribution in [0.2, 0.25) is 5.02 Å². The SMILES string of the molecule is COc1ccc(Cl)cc1C(=O)NCC1CCN(C(=O)c2cc3ccccc3o2)CC1. The molecule has 0 bridgehead atoms. The molecule has 0 saturated carbocycles. The molecule has 1 N–H and O–H groups in total. The summed E-state index contributed by atoms with van der Waals surface area (Å²) in [5, 5.41) is 4.37. The van der Waals surface area contributed by atoms with Crippen molar-refractivity contribution in [1.29, 1.82) is 0 Å². The zero-order chi connectivity index (χ0) is 21.1. The van der Waals surface area contributed by atoms with Gasteiger partial charge in [0.2, 0.25) is 0 Å². The van der Waals surface area contributed by atoms with Gasteiger partial charge < -0.3 is 19.4 Å². The van der Waals surface area contributed by atoms with Crippen molar-refractivity contribution in [2.75, 3.05) is 26.7 Å². The number of halogens is 1. The van der Waals surface area contributed by atoms with E-state index >= 15 is 0 Å². The average molecular weight is 427 g/mol. The summed E-state index contributed by atoms with van der Waals surface area (Å²) < 4.78 is 10.9. The van der Waals surface area contributed by atoms with Crippen LogP contribution < -0.4 is 10.1 Å². The van der Waals surface area contributed by atoms with Crippen molar-refractivity contribution in [2.24, 2.45) is 5.92 Å². The maximum absolute atomic E-state index is 12.8. The number of methoxy groups -OCH3 is 1. The van der Waals surface area contributed by atoms with E-state index in [1.54, 1.807) is 24.3 Å². The zero-order valence-electron chi connectivity index (χ0n) is 16.7. The number of hydrogen-bond acceptors (Lipinski definition) is 4. The Bertz CT molecular complexity index is 1040. The van der Waals surface area contributed by atoms with E-state index in [-0.39, 0.29) is 11.8 Å². The second kappa shape index (κ2) is 8.79. The number of ether oxygens (including phenoxy) is 1. The number of para-hydroxylation sites is 1. The average Bonchev–Trinajstić information content (AvgIpc) is 3.21. The molecule has 2 heterocycles. The van der Waals surface area contributed by atoms with Crippen molar-refractivity contribution in [1.82, 2.24) is 10.2 Å². The lowest BCUT2D eigenvalue weighted by Gasteiger charge is -2.31. The minimum atomic E-state index is -0.213. The molecule has 1 aliphatic heterocycles. The van der Waals surface area contributed by atoms with Gasteiger partial charge in [-0.3, -0.25) is 9.59 Å². The number of furan rings is 1. The van der Waals surface area contributed by atoms with E-state index in [1.807, 2.05) is 29.2 Å². The van der Waals surface area contributed by atoms with E-state index in [4.69, 9.17) is 20.8 Å². The van der Waals surface area contributed by atoms with E-state index in [9.17, 15) is 9.59 Å². The normalized spacial score (nSPS) is 14.7.